The van der Waals surface area contributed by atoms with Gasteiger partial charge < -0.3 is 10.2 Å². The molecular formula is C12H13N3O2S. The topological polar surface area (TPSA) is 89.2 Å². The Kier molecular flexibility index (Phi) is 4.17. The molecule has 5 nitrogen and oxygen atoms in total. The van der Waals surface area contributed by atoms with Crippen LogP contribution >= 0.6 is 11.3 Å². The molecule has 2 aromatic rings. The summed E-state index contributed by atoms with van der Waals surface area (Å²) in [4.78, 5) is 3.34. The zero-order valence-electron chi connectivity index (χ0n) is 9.60. The van der Waals surface area contributed by atoms with Crippen molar-refractivity contribution in [3.63, 3.8) is 0 Å². The van der Waals surface area contributed by atoms with Gasteiger partial charge in [0, 0.05) is 21.0 Å². The molecule has 2 rings (SSSR count). The molecule has 0 aliphatic heterocycles. The third-order valence-electron chi connectivity index (χ3n) is 2.69. The third-order valence-corrected chi connectivity index (χ3v) is 3.88. The van der Waals surface area contributed by atoms with Crippen LogP contribution in [0, 0.1) is 0 Å². The highest BCUT2D eigenvalue weighted by Crippen LogP contribution is 2.31. The molecule has 0 fully saturated rings. The summed E-state index contributed by atoms with van der Waals surface area (Å²) in [6, 6.07) is 9.69. The van der Waals surface area contributed by atoms with Crippen LogP contribution in [-0.4, -0.2) is 22.9 Å². The molecule has 0 saturated carbocycles. The van der Waals surface area contributed by atoms with Crippen molar-refractivity contribution in [3.8, 4) is 0 Å². The van der Waals surface area contributed by atoms with Gasteiger partial charge in [-0.3, -0.25) is 0 Å². The lowest BCUT2D eigenvalue weighted by Gasteiger charge is -2.15. The Labute approximate surface area is 108 Å². The molecule has 0 aliphatic carbocycles. The Balaban J connectivity index is 2.12. The molecule has 1 aromatic carbocycles. The van der Waals surface area contributed by atoms with Gasteiger partial charge in [-0.05, 0) is 29.5 Å². The predicted molar refractivity (Wildman–Crippen MR) is 71.4 cm³/mol. The highest BCUT2D eigenvalue weighted by Gasteiger charge is 2.19. The first-order valence-corrected chi connectivity index (χ1v) is 6.39. The number of aliphatic hydroxyl groups is 2. The minimum atomic E-state index is -0.934. The molecule has 2 unspecified atom stereocenters. The molecule has 0 saturated heterocycles. The summed E-state index contributed by atoms with van der Waals surface area (Å²) in [6.45, 7) is 0.180. The summed E-state index contributed by atoms with van der Waals surface area (Å²) in [5, 5.41) is 24.2. The largest absolute Gasteiger partial charge is 0.390 e. The fourth-order valence-corrected chi connectivity index (χ4v) is 2.84. The fraction of sp³-hybridized carbons (Fsp3) is 0.333. The van der Waals surface area contributed by atoms with E-state index in [1.807, 2.05) is 30.3 Å². The number of azide groups is 1. The smallest absolute Gasteiger partial charge is 0.114 e. The third kappa shape index (κ3) is 2.80. The highest BCUT2D eigenvalue weighted by molar-refractivity contribution is 7.19. The molecule has 1 aromatic heterocycles. The van der Waals surface area contributed by atoms with E-state index in [2.05, 4.69) is 10.0 Å². The van der Waals surface area contributed by atoms with Gasteiger partial charge in [-0.25, -0.2) is 0 Å². The maximum absolute atomic E-state index is 10.0. The van der Waals surface area contributed by atoms with Gasteiger partial charge in [0.25, 0.3) is 0 Å². The second-order valence-electron chi connectivity index (χ2n) is 3.94. The van der Waals surface area contributed by atoms with E-state index in [-0.39, 0.29) is 13.0 Å². The van der Waals surface area contributed by atoms with Crippen LogP contribution in [0.4, 0.5) is 0 Å². The first-order chi connectivity index (χ1) is 8.72. The number of hydrogen-bond donors (Lipinski definition) is 2. The van der Waals surface area contributed by atoms with Crippen molar-refractivity contribution < 1.29 is 10.2 Å². The van der Waals surface area contributed by atoms with Gasteiger partial charge in [0.1, 0.15) is 6.10 Å². The first kappa shape index (κ1) is 12.9. The van der Waals surface area contributed by atoms with Crippen LogP contribution in [0.1, 0.15) is 17.4 Å². The molecular weight excluding hydrogens is 250 g/mol. The maximum Gasteiger partial charge on any atom is 0.114 e. The first-order valence-electron chi connectivity index (χ1n) is 5.58. The molecule has 94 valence electrons. The molecule has 0 radical (unpaired) electrons. The van der Waals surface area contributed by atoms with E-state index in [9.17, 15) is 10.2 Å². The van der Waals surface area contributed by atoms with E-state index >= 15 is 0 Å². The molecule has 0 amide bonds. The summed E-state index contributed by atoms with van der Waals surface area (Å²) in [7, 11) is 0. The number of thiophene rings is 1. The van der Waals surface area contributed by atoms with Crippen LogP contribution in [0.15, 0.2) is 35.4 Å². The number of benzene rings is 1. The molecule has 1 heterocycles. The van der Waals surface area contributed by atoms with Crippen LogP contribution in [0.5, 0.6) is 0 Å². The molecule has 0 spiro atoms. The Morgan fingerprint density at radius 2 is 2.11 bits per heavy atom. The zero-order chi connectivity index (χ0) is 13.0. The van der Waals surface area contributed by atoms with Gasteiger partial charge in [0.05, 0.1) is 6.10 Å². The second-order valence-corrected chi connectivity index (χ2v) is 5.06. The molecule has 18 heavy (non-hydrogen) atoms. The minimum Gasteiger partial charge on any atom is -0.390 e. The summed E-state index contributed by atoms with van der Waals surface area (Å²) >= 11 is 1.46. The number of nitrogens with zero attached hydrogens (tertiary/aromatic N) is 3. The summed E-state index contributed by atoms with van der Waals surface area (Å²) in [5.74, 6) is 0. The van der Waals surface area contributed by atoms with Crippen LogP contribution in [0.2, 0.25) is 0 Å². The van der Waals surface area contributed by atoms with Crippen LogP contribution in [-0.2, 0) is 0 Å². The summed E-state index contributed by atoms with van der Waals surface area (Å²) in [6.07, 6.45) is -1.60. The van der Waals surface area contributed by atoms with Crippen LogP contribution in [0.25, 0.3) is 20.5 Å². The van der Waals surface area contributed by atoms with Crippen molar-refractivity contribution in [2.75, 3.05) is 6.54 Å². The Morgan fingerprint density at radius 3 is 2.83 bits per heavy atom. The SMILES string of the molecule is [N-]=[N+]=NCCC(O)C(O)c1cc2ccccc2s1. The predicted octanol–water partition coefficient (Wildman–Crippen LogP) is 3.00. The van der Waals surface area contributed by atoms with Crippen molar-refractivity contribution in [1.29, 1.82) is 0 Å². The van der Waals surface area contributed by atoms with Crippen LogP contribution in [0.3, 0.4) is 0 Å². The number of rotatable bonds is 5. The zero-order valence-corrected chi connectivity index (χ0v) is 10.4. The van der Waals surface area contributed by atoms with Crippen molar-refractivity contribution in [2.45, 2.75) is 18.6 Å². The standard InChI is InChI=1S/C12H13N3O2S/c13-15-14-6-5-9(16)12(17)11-7-8-3-1-2-4-10(8)18-11/h1-4,7,9,12,16-17H,5-6H2. The van der Waals surface area contributed by atoms with Crippen LogP contribution < -0.4 is 0 Å². The number of fused-ring (bicyclic) bond motifs is 1. The van der Waals surface area contributed by atoms with E-state index in [1.165, 1.54) is 11.3 Å². The highest BCUT2D eigenvalue weighted by atomic mass is 32.1. The fourth-order valence-electron chi connectivity index (χ4n) is 1.73. The Bertz CT molecular complexity index is 544. The number of hydrogen-bond acceptors (Lipinski definition) is 4. The van der Waals surface area contributed by atoms with Crippen molar-refractivity contribution in [1.82, 2.24) is 0 Å². The van der Waals surface area contributed by atoms with Crippen molar-refractivity contribution >= 4 is 21.4 Å². The lowest BCUT2D eigenvalue weighted by molar-refractivity contribution is 0.0172. The lowest BCUT2D eigenvalue weighted by Crippen LogP contribution is -2.18. The van der Waals surface area contributed by atoms with E-state index in [0.29, 0.717) is 0 Å². The summed E-state index contributed by atoms with van der Waals surface area (Å²) < 4.78 is 1.08. The van der Waals surface area contributed by atoms with E-state index in [4.69, 9.17) is 5.53 Å². The molecule has 0 aliphatic rings. The van der Waals surface area contributed by atoms with Gasteiger partial charge in [0.2, 0.25) is 0 Å². The Hall–Kier alpha value is -1.59. The monoisotopic (exact) mass is 263 g/mol. The quantitative estimate of drug-likeness (QED) is 0.493. The Morgan fingerprint density at radius 1 is 1.33 bits per heavy atom. The van der Waals surface area contributed by atoms with E-state index < -0.39 is 12.2 Å². The van der Waals surface area contributed by atoms with Gasteiger partial charge >= 0.3 is 0 Å². The maximum atomic E-state index is 10.0. The van der Waals surface area contributed by atoms with E-state index in [0.717, 1.165) is 15.0 Å². The van der Waals surface area contributed by atoms with E-state index in [1.54, 1.807) is 0 Å². The van der Waals surface area contributed by atoms with Crippen molar-refractivity contribution in [2.24, 2.45) is 5.11 Å². The lowest BCUT2D eigenvalue weighted by atomic mass is 10.1. The van der Waals surface area contributed by atoms with Gasteiger partial charge in [0.15, 0.2) is 0 Å². The summed E-state index contributed by atoms with van der Waals surface area (Å²) in [5.41, 5.74) is 8.15. The van der Waals surface area contributed by atoms with Gasteiger partial charge in [-0.2, -0.15) is 0 Å². The van der Waals surface area contributed by atoms with Crippen molar-refractivity contribution in [3.05, 3.63) is 45.7 Å². The molecule has 0 bridgehead atoms. The molecule has 6 heteroatoms. The number of aliphatic hydroxyl groups excluding tert-OH is 2. The average molecular weight is 263 g/mol. The minimum absolute atomic E-state index is 0.180. The normalized spacial score (nSPS) is 14.1. The molecule has 2 atom stereocenters. The second kappa shape index (κ2) is 5.84. The van der Waals surface area contributed by atoms with Gasteiger partial charge in [-0.15, -0.1) is 11.3 Å². The average Bonchev–Trinajstić information content (AvgIpc) is 2.81. The van der Waals surface area contributed by atoms with Gasteiger partial charge in [-0.1, -0.05) is 23.3 Å². The molecule has 2 N–H and O–H groups in total.